The van der Waals surface area contributed by atoms with E-state index in [1.165, 1.54) is 0 Å². The highest BCUT2D eigenvalue weighted by Gasteiger charge is 2.10. The van der Waals surface area contributed by atoms with E-state index in [-0.39, 0.29) is 12.6 Å². The Morgan fingerprint density at radius 1 is 1.33 bits per heavy atom. The van der Waals surface area contributed by atoms with Crippen LogP contribution >= 0.6 is 0 Å². The van der Waals surface area contributed by atoms with Gasteiger partial charge in [-0.15, -0.1) is 0 Å². The number of benzene rings is 1. The topological polar surface area (TPSA) is 61.8 Å². The number of hydrogen-bond donors (Lipinski definition) is 2. The van der Waals surface area contributed by atoms with Crippen LogP contribution in [0.5, 0.6) is 5.75 Å². The first-order chi connectivity index (χ1) is 10.1. The van der Waals surface area contributed by atoms with E-state index in [0.717, 1.165) is 12.2 Å². The molecule has 5 heteroatoms. The van der Waals surface area contributed by atoms with E-state index in [1.54, 1.807) is 4.90 Å². The number of nitrogens with zero attached hydrogens (tertiary/aromatic N) is 1. The lowest BCUT2D eigenvalue weighted by atomic mass is 10.1. The number of aliphatic hydroxyl groups is 1. The van der Waals surface area contributed by atoms with E-state index in [1.807, 2.05) is 31.2 Å². The van der Waals surface area contributed by atoms with Crippen molar-refractivity contribution >= 4 is 11.7 Å². The average molecular weight is 294 g/mol. The predicted molar refractivity (Wildman–Crippen MR) is 84.7 cm³/mol. The van der Waals surface area contributed by atoms with Crippen LogP contribution in [0, 0.1) is 5.92 Å². The number of amides is 2. The van der Waals surface area contributed by atoms with Gasteiger partial charge in [0, 0.05) is 18.8 Å². The molecular weight excluding hydrogens is 268 g/mol. The van der Waals surface area contributed by atoms with Crippen LogP contribution in [0.25, 0.3) is 0 Å². The SMILES string of the molecule is CCN(CCO)C(=O)Nc1ccc(OCCC(C)C)cc1. The Bertz CT molecular complexity index is 418. The Morgan fingerprint density at radius 3 is 2.52 bits per heavy atom. The number of likely N-dealkylation sites (N-methyl/N-ethyl adjacent to an activating group) is 1. The van der Waals surface area contributed by atoms with Gasteiger partial charge in [0.05, 0.1) is 13.2 Å². The van der Waals surface area contributed by atoms with Crippen molar-refractivity contribution in [2.45, 2.75) is 27.2 Å². The molecule has 0 saturated carbocycles. The molecule has 21 heavy (non-hydrogen) atoms. The number of nitrogens with one attached hydrogen (secondary N) is 1. The van der Waals surface area contributed by atoms with Crippen molar-refractivity contribution < 1.29 is 14.6 Å². The van der Waals surface area contributed by atoms with Gasteiger partial charge in [0.2, 0.25) is 0 Å². The van der Waals surface area contributed by atoms with Crippen molar-refractivity contribution in [3.8, 4) is 5.75 Å². The quantitative estimate of drug-likeness (QED) is 0.775. The monoisotopic (exact) mass is 294 g/mol. The summed E-state index contributed by atoms with van der Waals surface area (Å²) < 4.78 is 5.63. The van der Waals surface area contributed by atoms with E-state index in [9.17, 15) is 4.79 Å². The molecule has 0 saturated heterocycles. The van der Waals surface area contributed by atoms with Crippen LogP contribution in [0.1, 0.15) is 27.2 Å². The fraction of sp³-hybridized carbons (Fsp3) is 0.562. The average Bonchev–Trinajstić information content (AvgIpc) is 2.46. The van der Waals surface area contributed by atoms with Crippen molar-refractivity contribution in [1.29, 1.82) is 0 Å². The van der Waals surface area contributed by atoms with Gasteiger partial charge < -0.3 is 20.1 Å². The third-order valence-electron chi connectivity index (χ3n) is 3.11. The standard InChI is InChI=1S/C16H26N2O3/c1-4-18(10-11-19)16(20)17-14-5-7-15(8-6-14)21-12-9-13(2)3/h5-8,13,19H,4,9-12H2,1-3H3,(H,17,20). The minimum absolute atomic E-state index is 0.0378. The molecule has 0 bridgehead atoms. The molecule has 0 radical (unpaired) electrons. The van der Waals surface area contributed by atoms with Gasteiger partial charge in [0.25, 0.3) is 0 Å². The summed E-state index contributed by atoms with van der Waals surface area (Å²) in [5.41, 5.74) is 0.715. The minimum atomic E-state index is -0.208. The maximum Gasteiger partial charge on any atom is 0.321 e. The van der Waals surface area contributed by atoms with E-state index in [2.05, 4.69) is 19.2 Å². The normalized spacial score (nSPS) is 10.5. The first-order valence-corrected chi connectivity index (χ1v) is 7.46. The van der Waals surface area contributed by atoms with Gasteiger partial charge in [0.15, 0.2) is 0 Å². The van der Waals surface area contributed by atoms with Gasteiger partial charge in [0.1, 0.15) is 5.75 Å². The molecule has 0 atom stereocenters. The molecule has 1 aromatic carbocycles. The maximum atomic E-state index is 11.9. The molecule has 0 aliphatic heterocycles. The molecule has 0 unspecified atom stereocenters. The fourth-order valence-electron chi connectivity index (χ4n) is 1.77. The Kier molecular flexibility index (Phi) is 7.61. The summed E-state index contributed by atoms with van der Waals surface area (Å²) in [5, 5.41) is 11.7. The Morgan fingerprint density at radius 2 is 2.00 bits per heavy atom. The Labute approximate surface area is 126 Å². The highest BCUT2D eigenvalue weighted by Crippen LogP contribution is 2.16. The molecule has 0 aromatic heterocycles. The number of carbonyl (C=O) groups is 1. The molecule has 2 amide bonds. The minimum Gasteiger partial charge on any atom is -0.494 e. The molecule has 1 aromatic rings. The van der Waals surface area contributed by atoms with E-state index >= 15 is 0 Å². The lowest BCUT2D eigenvalue weighted by Crippen LogP contribution is -2.36. The van der Waals surface area contributed by atoms with Crippen molar-refractivity contribution in [3.63, 3.8) is 0 Å². The van der Waals surface area contributed by atoms with Crippen LogP contribution in [0.3, 0.4) is 0 Å². The second kappa shape index (κ2) is 9.23. The third-order valence-corrected chi connectivity index (χ3v) is 3.11. The zero-order chi connectivity index (χ0) is 15.7. The summed E-state index contributed by atoms with van der Waals surface area (Å²) >= 11 is 0. The lowest BCUT2D eigenvalue weighted by molar-refractivity contribution is 0.192. The summed E-state index contributed by atoms with van der Waals surface area (Å²) in [5.74, 6) is 1.42. The van der Waals surface area contributed by atoms with Gasteiger partial charge in [-0.25, -0.2) is 4.79 Å². The van der Waals surface area contributed by atoms with E-state index in [0.29, 0.717) is 31.3 Å². The molecular formula is C16H26N2O3. The second-order valence-electron chi connectivity index (χ2n) is 5.29. The summed E-state index contributed by atoms with van der Waals surface area (Å²) in [7, 11) is 0. The van der Waals surface area contributed by atoms with Crippen molar-refractivity contribution in [2.24, 2.45) is 5.92 Å². The molecule has 1 rings (SSSR count). The Hall–Kier alpha value is -1.75. The van der Waals surface area contributed by atoms with E-state index < -0.39 is 0 Å². The molecule has 0 fully saturated rings. The van der Waals surface area contributed by atoms with Gasteiger partial charge in [-0.05, 0) is 43.5 Å². The Balaban J connectivity index is 2.48. The fourth-order valence-corrected chi connectivity index (χ4v) is 1.77. The highest BCUT2D eigenvalue weighted by molar-refractivity contribution is 5.89. The molecule has 2 N–H and O–H groups in total. The van der Waals surface area contributed by atoms with Crippen LogP contribution in [-0.4, -0.2) is 42.3 Å². The van der Waals surface area contributed by atoms with E-state index in [4.69, 9.17) is 9.84 Å². The summed E-state index contributed by atoms with van der Waals surface area (Å²) in [4.78, 5) is 13.5. The lowest BCUT2D eigenvalue weighted by Gasteiger charge is -2.20. The molecule has 5 nitrogen and oxygen atoms in total. The van der Waals surface area contributed by atoms with Gasteiger partial charge in [-0.1, -0.05) is 13.8 Å². The largest absolute Gasteiger partial charge is 0.494 e. The highest BCUT2D eigenvalue weighted by atomic mass is 16.5. The first kappa shape index (κ1) is 17.3. The second-order valence-corrected chi connectivity index (χ2v) is 5.29. The number of rotatable bonds is 8. The molecule has 0 spiro atoms. The number of urea groups is 1. The van der Waals surface area contributed by atoms with Crippen LogP contribution < -0.4 is 10.1 Å². The zero-order valence-electron chi connectivity index (χ0n) is 13.1. The first-order valence-electron chi connectivity index (χ1n) is 7.46. The van der Waals surface area contributed by atoms with Crippen LogP contribution in [-0.2, 0) is 0 Å². The number of hydrogen-bond acceptors (Lipinski definition) is 3. The number of anilines is 1. The predicted octanol–water partition coefficient (Wildman–Crippen LogP) is 2.96. The summed E-state index contributed by atoms with van der Waals surface area (Å²) in [6.45, 7) is 7.75. The molecule has 0 aliphatic rings. The number of ether oxygens (including phenoxy) is 1. The number of aliphatic hydroxyl groups excluding tert-OH is 1. The summed E-state index contributed by atoms with van der Waals surface area (Å²) in [6, 6.07) is 7.11. The van der Waals surface area contributed by atoms with Gasteiger partial charge in [-0.2, -0.15) is 0 Å². The van der Waals surface area contributed by atoms with Gasteiger partial charge in [-0.3, -0.25) is 0 Å². The summed E-state index contributed by atoms with van der Waals surface area (Å²) in [6.07, 6.45) is 1.02. The van der Waals surface area contributed by atoms with Crippen LogP contribution in [0.4, 0.5) is 10.5 Å². The third kappa shape index (κ3) is 6.49. The van der Waals surface area contributed by atoms with Crippen LogP contribution in [0.2, 0.25) is 0 Å². The number of carbonyl (C=O) groups excluding carboxylic acids is 1. The maximum absolute atomic E-state index is 11.9. The van der Waals surface area contributed by atoms with Crippen molar-refractivity contribution in [2.75, 3.05) is 31.6 Å². The van der Waals surface area contributed by atoms with Crippen molar-refractivity contribution in [1.82, 2.24) is 4.90 Å². The molecule has 118 valence electrons. The van der Waals surface area contributed by atoms with Gasteiger partial charge >= 0.3 is 6.03 Å². The smallest absolute Gasteiger partial charge is 0.321 e. The van der Waals surface area contributed by atoms with Crippen LogP contribution in [0.15, 0.2) is 24.3 Å². The zero-order valence-corrected chi connectivity index (χ0v) is 13.1. The molecule has 0 heterocycles. The van der Waals surface area contributed by atoms with Crippen molar-refractivity contribution in [3.05, 3.63) is 24.3 Å². The molecule has 0 aliphatic carbocycles.